The van der Waals surface area contributed by atoms with E-state index < -0.39 is 12.0 Å². The third-order valence-electron chi connectivity index (χ3n) is 5.58. The maximum Gasteiger partial charge on any atom is 0.338 e. The van der Waals surface area contributed by atoms with Crippen LogP contribution in [0.4, 0.5) is 0 Å². The third-order valence-corrected chi connectivity index (χ3v) is 8.01. The van der Waals surface area contributed by atoms with Gasteiger partial charge in [0.2, 0.25) is 0 Å². The predicted octanol–water partition coefficient (Wildman–Crippen LogP) is 3.73. The number of phenolic OH excluding ortho intramolecular Hbond substituents is 1. The van der Waals surface area contributed by atoms with E-state index >= 15 is 0 Å². The second-order valence-corrected chi connectivity index (χ2v) is 11.2. The van der Waals surface area contributed by atoms with Gasteiger partial charge in [0.15, 0.2) is 16.3 Å². The van der Waals surface area contributed by atoms with Crippen molar-refractivity contribution in [2.24, 2.45) is 4.99 Å². The second kappa shape index (κ2) is 10.9. The number of phenols is 1. The second-order valence-electron chi connectivity index (χ2n) is 7.74. The van der Waals surface area contributed by atoms with Crippen LogP contribution in [-0.4, -0.2) is 36.5 Å². The van der Waals surface area contributed by atoms with Gasteiger partial charge in [0.25, 0.3) is 5.56 Å². The number of hydrogen-bond acceptors (Lipinski definition) is 8. The van der Waals surface area contributed by atoms with Crippen molar-refractivity contribution in [3.05, 3.63) is 79.6 Å². The van der Waals surface area contributed by atoms with Gasteiger partial charge < -0.3 is 19.3 Å². The van der Waals surface area contributed by atoms with Crippen molar-refractivity contribution in [2.45, 2.75) is 19.9 Å². The van der Waals surface area contributed by atoms with Crippen LogP contribution in [0.5, 0.6) is 17.2 Å². The Labute approximate surface area is 238 Å². The number of esters is 1. The molecule has 3 aromatic rings. The fourth-order valence-electron chi connectivity index (χ4n) is 3.97. The number of hydrogen-bond donors (Lipinski definition) is 1. The van der Waals surface area contributed by atoms with E-state index in [1.54, 1.807) is 44.2 Å². The Hall–Kier alpha value is -2.39. The van der Waals surface area contributed by atoms with Crippen LogP contribution in [0.3, 0.4) is 0 Å². The van der Waals surface area contributed by atoms with E-state index in [0.717, 1.165) is 3.57 Å². The summed E-state index contributed by atoms with van der Waals surface area (Å²) in [5.41, 5.74) is 1.58. The molecule has 36 heavy (non-hydrogen) atoms. The summed E-state index contributed by atoms with van der Waals surface area (Å²) in [6.07, 6.45) is 1.65. The average Bonchev–Trinajstić information content (AvgIpc) is 3.15. The molecular formula is C25H22I2N2O6S. The molecule has 0 spiro atoms. The van der Waals surface area contributed by atoms with E-state index in [9.17, 15) is 14.7 Å². The molecule has 0 unspecified atom stereocenters. The lowest BCUT2D eigenvalue weighted by Gasteiger charge is -2.25. The fraction of sp³-hybridized carbons (Fsp3) is 0.240. The van der Waals surface area contributed by atoms with Gasteiger partial charge in [0, 0.05) is 9.13 Å². The summed E-state index contributed by atoms with van der Waals surface area (Å²) >= 11 is 5.41. The molecule has 1 aliphatic rings. The summed E-state index contributed by atoms with van der Waals surface area (Å²) < 4.78 is 19.7. The van der Waals surface area contributed by atoms with Crippen LogP contribution in [0.2, 0.25) is 0 Å². The van der Waals surface area contributed by atoms with Crippen LogP contribution in [0.25, 0.3) is 6.08 Å². The van der Waals surface area contributed by atoms with E-state index in [0.29, 0.717) is 41.2 Å². The van der Waals surface area contributed by atoms with E-state index in [1.165, 1.54) is 30.1 Å². The molecule has 2 aromatic carbocycles. The molecule has 0 saturated carbocycles. The first-order chi connectivity index (χ1) is 17.2. The summed E-state index contributed by atoms with van der Waals surface area (Å²) in [4.78, 5) is 31.8. The number of ether oxygens (including phenoxy) is 3. The molecule has 4 rings (SSSR count). The Morgan fingerprint density at radius 2 is 1.92 bits per heavy atom. The normalized spacial score (nSPS) is 15.4. The highest BCUT2D eigenvalue weighted by molar-refractivity contribution is 14.1. The van der Waals surface area contributed by atoms with Crippen molar-refractivity contribution < 1.29 is 24.1 Å². The van der Waals surface area contributed by atoms with Crippen LogP contribution in [-0.2, 0) is 9.53 Å². The third kappa shape index (κ3) is 4.92. The minimum absolute atomic E-state index is 0.0988. The molecule has 0 bridgehead atoms. The standard InChI is InChI=1S/C25H22I2N2O6S/c1-5-35-24(32)20-12(2)28-25-29(21(20)13-6-7-17(33-3)18(9-13)34-4)23(31)19(36-25)10-14-8-15(26)11-16(27)22(14)30/h6-11,21,30H,5H2,1-4H3/b19-10+/t21-/m0/s1. The van der Waals surface area contributed by atoms with Gasteiger partial charge in [0.1, 0.15) is 5.75 Å². The van der Waals surface area contributed by atoms with Gasteiger partial charge in [-0.2, -0.15) is 0 Å². The van der Waals surface area contributed by atoms with Gasteiger partial charge in [-0.15, -0.1) is 0 Å². The lowest BCUT2D eigenvalue weighted by atomic mass is 9.95. The first kappa shape index (κ1) is 26.7. The highest BCUT2D eigenvalue weighted by Crippen LogP contribution is 2.36. The Bertz CT molecular complexity index is 1570. The number of allylic oxidation sites excluding steroid dienone is 1. The highest BCUT2D eigenvalue weighted by Gasteiger charge is 2.34. The molecule has 0 fully saturated rings. The maximum atomic E-state index is 13.8. The summed E-state index contributed by atoms with van der Waals surface area (Å²) in [7, 11) is 3.06. The van der Waals surface area contributed by atoms with Gasteiger partial charge in [-0.05, 0) is 94.9 Å². The number of thiazole rings is 1. The molecule has 188 valence electrons. The fourth-order valence-corrected chi connectivity index (χ4v) is 6.89. The number of carbonyl (C=O) groups is 1. The Morgan fingerprint density at radius 1 is 1.19 bits per heavy atom. The van der Waals surface area contributed by atoms with Gasteiger partial charge in [-0.1, -0.05) is 17.4 Å². The molecule has 1 atom stereocenters. The van der Waals surface area contributed by atoms with Crippen LogP contribution in [0.1, 0.15) is 31.0 Å². The van der Waals surface area contributed by atoms with E-state index in [1.807, 2.05) is 6.07 Å². The van der Waals surface area contributed by atoms with E-state index in [4.69, 9.17) is 14.2 Å². The molecule has 0 amide bonds. The number of fused-ring (bicyclic) bond motifs is 1. The number of benzene rings is 2. The summed E-state index contributed by atoms with van der Waals surface area (Å²) in [5.74, 6) is 0.545. The summed E-state index contributed by atoms with van der Waals surface area (Å²) in [6.45, 7) is 3.64. The van der Waals surface area contributed by atoms with Crippen molar-refractivity contribution in [3.8, 4) is 17.2 Å². The van der Waals surface area contributed by atoms with Crippen LogP contribution in [0.15, 0.2) is 51.4 Å². The first-order valence-electron chi connectivity index (χ1n) is 10.8. The zero-order valence-electron chi connectivity index (χ0n) is 19.8. The zero-order valence-corrected chi connectivity index (χ0v) is 24.9. The van der Waals surface area contributed by atoms with Crippen LogP contribution < -0.4 is 24.4 Å². The maximum absolute atomic E-state index is 13.8. The van der Waals surface area contributed by atoms with Gasteiger partial charge in [-0.25, -0.2) is 9.79 Å². The molecule has 1 aliphatic heterocycles. The predicted molar refractivity (Wildman–Crippen MR) is 153 cm³/mol. The molecule has 0 aliphatic carbocycles. The summed E-state index contributed by atoms with van der Waals surface area (Å²) in [5, 5.41) is 10.6. The highest BCUT2D eigenvalue weighted by atomic mass is 127. The lowest BCUT2D eigenvalue weighted by Crippen LogP contribution is -2.40. The number of methoxy groups -OCH3 is 2. The van der Waals surface area contributed by atoms with Crippen molar-refractivity contribution in [2.75, 3.05) is 20.8 Å². The Balaban J connectivity index is 2.00. The quantitative estimate of drug-likeness (QED) is 0.307. The molecule has 1 N–H and O–H groups in total. The summed E-state index contributed by atoms with van der Waals surface area (Å²) in [6, 6.07) is 8.13. The topological polar surface area (TPSA) is 99.4 Å². The number of carbonyl (C=O) groups excluding carboxylic acids is 1. The Kier molecular flexibility index (Phi) is 8.09. The van der Waals surface area contributed by atoms with Gasteiger partial charge >= 0.3 is 5.97 Å². The van der Waals surface area contributed by atoms with Crippen LogP contribution in [0, 0.1) is 7.14 Å². The Morgan fingerprint density at radius 3 is 2.58 bits per heavy atom. The zero-order chi connectivity index (χ0) is 26.1. The van der Waals surface area contributed by atoms with Gasteiger partial charge in [-0.3, -0.25) is 9.36 Å². The molecule has 0 radical (unpaired) electrons. The largest absolute Gasteiger partial charge is 0.506 e. The molecular weight excluding hydrogens is 710 g/mol. The number of nitrogens with zero attached hydrogens (tertiary/aromatic N) is 2. The monoisotopic (exact) mass is 732 g/mol. The molecule has 1 aromatic heterocycles. The average molecular weight is 732 g/mol. The number of aromatic nitrogens is 1. The lowest BCUT2D eigenvalue weighted by molar-refractivity contribution is -0.139. The van der Waals surface area contributed by atoms with Crippen molar-refractivity contribution in [1.29, 1.82) is 0 Å². The number of halogens is 2. The molecule has 11 heteroatoms. The molecule has 2 heterocycles. The minimum Gasteiger partial charge on any atom is -0.506 e. The SMILES string of the molecule is CCOC(=O)C1=C(C)N=c2s/c(=C/c3cc(I)cc(I)c3O)c(=O)n2[C@H]1c1ccc(OC)c(OC)c1. The van der Waals surface area contributed by atoms with E-state index in [2.05, 4.69) is 50.2 Å². The van der Waals surface area contributed by atoms with Crippen LogP contribution >= 0.6 is 56.5 Å². The molecule has 8 nitrogen and oxygen atoms in total. The van der Waals surface area contributed by atoms with Crippen molar-refractivity contribution in [1.82, 2.24) is 4.57 Å². The van der Waals surface area contributed by atoms with E-state index in [-0.39, 0.29) is 23.5 Å². The number of rotatable bonds is 6. The first-order valence-corrected chi connectivity index (χ1v) is 13.8. The van der Waals surface area contributed by atoms with Gasteiger partial charge in [0.05, 0.1) is 46.2 Å². The number of aromatic hydroxyl groups is 1. The minimum atomic E-state index is -0.785. The molecule has 0 saturated heterocycles. The van der Waals surface area contributed by atoms with Crippen molar-refractivity contribution in [3.63, 3.8) is 0 Å². The smallest absolute Gasteiger partial charge is 0.338 e. The van der Waals surface area contributed by atoms with Crippen molar-refractivity contribution >= 4 is 68.6 Å².